The van der Waals surface area contributed by atoms with Crippen LogP contribution < -0.4 is 15.0 Å². The maximum absolute atomic E-state index is 13.0. The largest absolute Gasteiger partial charge is 0.487 e. The summed E-state index contributed by atoms with van der Waals surface area (Å²) in [6, 6.07) is 23.7. The van der Waals surface area contributed by atoms with E-state index in [1.54, 1.807) is 42.5 Å². The number of nitrogens with one attached hydrogen (secondary N) is 1. The number of carbonyl (C=O) groups excluding carboxylic acids is 2. The van der Waals surface area contributed by atoms with Gasteiger partial charge in [-0.3, -0.25) is 19.8 Å². The molecule has 5 nitrogen and oxygen atoms in total. The zero-order valence-electron chi connectivity index (χ0n) is 16.2. The molecule has 7 heteroatoms. The monoisotopic (exact) mass is 448 g/mol. The molecule has 1 heterocycles. The summed E-state index contributed by atoms with van der Waals surface area (Å²) in [6.07, 6.45) is 1.49. The number of anilines is 1. The first kappa shape index (κ1) is 20.8. The lowest BCUT2D eigenvalue weighted by atomic mass is 10.1. The van der Waals surface area contributed by atoms with Crippen molar-refractivity contribution in [3.8, 4) is 5.75 Å². The van der Waals surface area contributed by atoms with E-state index >= 15 is 0 Å². The standard InChI is InChI=1S/C24H17ClN2O3S/c25-20-14-17(11-12-21(20)30-15-16-7-3-1-4-8-16)13-19-22(28)26-24(31)27(23(19)29)18-9-5-2-6-10-18/h1-14H,15H2,(H,26,28,31)/b19-13-. The van der Waals surface area contributed by atoms with Crippen LogP contribution in [-0.2, 0) is 16.2 Å². The molecule has 3 aromatic carbocycles. The van der Waals surface area contributed by atoms with Crippen LogP contribution in [0.4, 0.5) is 5.69 Å². The highest BCUT2D eigenvalue weighted by molar-refractivity contribution is 7.80. The lowest BCUT2D eigenvalue weighted by Crippen LogP contribution is -2.54. The van der Waals surface area contributed by atoms with Crippen LogP contribution in [0.5, 0.6) is 5.75 Å². The number of ether oxygens (including phenoxy) is 1. The fourth-order valence-corrected chi connectivity index (χ4v) is 3.62. The van der Waals surface area contributed by atoms with Gasteiger partial charge in [0.2, 0.25) is 0 Å². The highest BCUT2D eigenvalue weighted by Crippen LogP contribution is 2.28. The quantitative estimate of drug-likeness (QED) is 0.347. The molecule has 0 unspecified atom stereocenters. The van der Waals surface area contributed by atoms with Crippen molar-refractivity contribution in [2.24, 2.45) is 0 Å². The maximum atomic E-state index is 13.0. The first-order valence-electron chi connectivity index (χ1n) is 9.46. The number of rotatable bonds is 5. The molecule has 1 saturated heterocycles. The Morgan fingerprint density at radius 2 is 1.65 bits per heavy atom. The minimum absolute atomic E-state index is 0.0357. The van der Waals surface area contributed by atoms with Crippen molar-refractivity contribution >= 4 is 52.5 Å². The van der Waals surface area contributed by atoms with Crippen molar-refractivity contribution in [3.63, 3.8) is 0 Å². The van der Waals surface area contributed by atoms with Crippen molar-refractivity contribution < 1.29 is 14.3 Å². The van der Waals surface area contributed by atoms with Crippen molar-refractivity contribution in [2.75, 3.05) is 4.90 Å². The van der Waals surface area contributed by atoms with Gasteiger partial charge >= 0.3 is 0 Å². The zero-order valence-corrected chi connectivity index (χ0v) is 17.8. The van der Waals surface area contributed by atoms with Crippen LogP contribution in [0.25, 0.3) is 6.08 Å². The van der Waals surface area contributed by atoms with Gasteiger partial charge in [0.15, 0.2) is 5.11 Å². The summed E-state index contributed by atoms with van der Waals surface area (Å²) in [6.45, 7) is 0.380. The molecule has 0 aliphatic carbocycles. The summed E-state index contributed by atoms with van der Waals surface area (Å²) < 4.78 is 5.77. The molecule has 0 spiro atoms. The number of thiocarbonyl (C=S) groups is 1. The molecule has 0 radical (unpaired) electrons. The molecule has 3 aromatic rings. The minimum Gasteiger partial charge on any atom is -0.487 e. The van der Waals surface area contributed by atoms with Gasteiger partial charge in [0.05, 0.1) is 10.7 Å². The molecule has 4 rings (SSSR count). The molecule has 2 amide bonds. The second kappa shape index (κ2) is 9.12. The Morgan fingerprint density at radius 3 is 2.32 bits per heavy atom. The number of nitrogens with zero attached hydrogens (tertiary/aromatic N) is 1. The van der Waals surface area contributed by atoms with Gasteiger partial charge < -0.3 is 4.74 Å². The van der Waals surface area contributed by atoms with Crippen molar-refractivity contribution in [1.29, 1.82) is 0 Å². The van der Waals surface area contributed by atoms with Crippen LogP contribution in [0.1, 0.15) is 11.1 Å². The van der Waals surface area contributed by atoms with Crippen LogP contribution in [0.2, 0.25) is 5.02 Å². The molecule has 0 bridgehead atoms. The van der Waals surface area contributed by atoms with E-state index < -0.39 is 11.8 Å². The Kier molecular flexibility index (Phi) is 6.11. The second-order valence-corrected chi connectivity index (χ2v) is 7.55. The lowest BCUT2D eigenvalue weighted by Gasteiger charge is -2.28. The topological polar surface area (TPSA) is 58.6 Å². The molecule has 154 valence electrons. The van der Waals surface area contributed by atoms with E-state index in [0.717, 1.165) is 5.56 Å². The maximum Gasteiger partial charge on any atom is 0.270 e. The summed E-state index contributed by atoms with van der Waals surface area (Å²) >= 11 is 11.6. The Bertz CT molecular complexity index is 1180. The molecule has 1 fully saturated rings. The fourth-order valence-electron chi connectivity index (χ4n) is 3.09. The number of hydrogen-bond donors (Lipinski definition) is 1. The Morgan fingerprint density at radius 1 is 0.968 bits per heavy atom. The van der Waals surface area contributed by atoms with E-state index in [1.165, 1.54) is 11.0 Å². The minimum atomic E-state index is -0.553. The predicted molar refractivity (Wildman–Crippen MR) is 125 cm³/mol. The Balaban J connectivity index is 1.56. The average Bonchev–Trinajstić information content (AvgIpc) is 2.77. The molecule has 1 aliphatic rings. The van der Waals surface area contributed by atoms with E-state index in [0.29, 0.717) is 28.6 Å². The van der Waals surface area contributed by atoms with Crippen LogP contribution in [0.15, 0.2) is 84.4 Å². The molecule has 1 aliphatic heterocycles. The summed E-state index contributed by atoms with van der Waals surface area (Å²) in [7, 11) is 0. The second-order valence-electron chi connectivity index (χ2n) is 6.76. The van der Waals surface area contributed by atoms with Gasteiger partial charge in [-0.15, -0.1) is 0 Å². The van der Waals surface area contributed by atoms with E-state index in [4.69, 9.17) is 28.6 Å². The molecular weight excluding hydrogens is 432 g/mol. The first-order valence-corrected chi connectivity index (χ1v) is 10.2. The van der Waals surface area contributed by atoms with Gasteiger partial charge in [-0.2, -0.15) is 0 Å². The van der Waals surface area contributed by atoms with Gasteiger partial charge in [0, 0.05) is 0 Å². The van der Waals surface area contributed by atoms with Gasteiger partial charge in [-0.1, -0.05) is 66.2 Å². The van der Waals surface area contributed by atoms with E-state index in [-0.39, 0.29) is 10.7 Å². The summed E-state index contributed by atoms with van der Waals surface area (Å²) in [5, 5.41) is 2.99. The van der Waals surface area contributed by atoms with Crippen molar-refractivity contribution in [3.05, 3.63) is 101 Å². The highest BCUT2D eigenvalue weighted by Gasteiger charge is 2.34. The Hall–Kier alpha value is -3.48. The summed E-state index contributed by atoms with van der Waals surface area (Å²) in [5.74, 6) is -0.539. The third-order valence-corrected chi connectivity index (χ3v) is 5.20. The van der Waals surface area contributed by atoms with Crippen molar-refractivity contribution in [1.82, 2.24) is 5.32 Å². The van der Waals surface area contributed by atoms with E-state index in [1.807, 2.05) is 36.4 Å². The first-order chi connectivity index (χ1) is 15.0. The van der Waals surface area contributed by atoms with Gasteiger partial charge in [-0.05, 0) is 53.7 Å². The van der Waals surface area contributed by atoms with Crippen molar-refractivity contribution in [2.45, 2.75) is 6.61 Å². The fraction of sp³-hybridized carbons (Fsp3) is 0.0417. The number of carbonyl (C=O) groups is 2. The van der Waals surface area contributed by atoms with E-state index in [9.17, 15) is 9.59 Å². The third-order valence-electron chi connectivity index (χ3n) is 4.62. The molecule has 0 aromatic heterocycles. The number of para-hydroxylation sites is 1. The number of halogens is 1. The normalized spacial score (nSPS) is 15.2. The van der Waals surface area contributed by atoms with E-state index in [2.05, 4.69) is 5.32 Å². The zero-order chi connectivity index (χ0) is 21.8. The van der Waals surface area contributed by atoms with Gasteiger partial charge in [0.1, 0.15) is 17.9 Å². The summed E-state index contributed by atoms with van der Waals surface area (Å²) in [4.78, 5) is 26.7. The molecule has 0 atom stereocenters. The number of hydrogen-bond acceptors (Lipinski definition) is 4. The number of benzene rings is 3. The molecule has 0 saturated carbocycles. The predicted octanol–water partition coefficient (Wildman–Crippen LogP) is 4.75. The van der Waals surface area contributed by atoms with Crippen LogP contribution >= 0.6 is 23.8 Å². The molecule has 1 N–H and O–H groups in total. The number of amides is 2. The van der Waals surface area contributed by atoms with Gasteiger partial charge in [-0.25, -0.2) is 0 Å². The molecular formula is C24H17ClN2O3S. The average molecular weight is 449 g/mol. The third kappa shape index (κ3) is 4.66. The van der Waals surface area contributed by atoms with Crippen LogP contribution in [-0.4, -0.2) is 16.9 Å². The van der Waals surface area contributed by atoms with Gasteiger partial charge in [0.25, 0.3) is 11.8 Å². The lowest BCUT2D eigenvalue weighted by molar-refractivity contribution is -0.122. The van der Waals surface area contributed by atoms with Crippen LogP contribution in [0, 0.1) is 0 Å². The smallest absolute Gasteiger partial charge is 0.270 e. The summed E-state index contributed by atoms with van der Waals surface area (Å²) in [5.41, 5.74) is 2.15. The highest BCUT2D eigenvalue weighted by atomic mass is 35.5. The van der Waals surface area contributed by atoms with Crippen LogP contribution in [0.3, 0.4) is 0 Å². The SMILES string of the molecule is O=C1NC(=S)N(c2ccccc2)C(=O)/C1=C\c1ccc(OCc2ccccc2)c(Cl)c1. The molecule has 31 heavy (non-hydrogen) atoms. The Labute approximate surface area is 189 Å².